The van der Waals surface area contributed by atoms with Crippen molar-refractivity contribution in [1.82, 2.24) is 5.32 Å². The second kappa shape index (κ2) is 5.97. The van der Waals surface area contributed by atoms with Gasteiger partial charge in [0.1, 0.15) is 0 Å². The zero-order valence-electron chi connectivity index (χ0n) is 7.96. The smallest absolute Gasteiger partial charge is 0.236 e. The molecule has 4 heteroatoms. The van der Waals surface area contributed by atoms with Crippen LogP contribution in [-0.4, -0.2) is 31.2 Å². The molecule has 0 spiro atoms. The van der Waals surface area contributed by atoms with Gasteiger partial charge in [0.2, 0.25) is 5.91 Å². The highest BCUT2D eigenvalue weighted by Gasteiger charge is 2.08. The lowest BCUT2D eigenvalue weighted by Gasteiger charge is -2.13. The van der Waals surface area contributed by atoms with Crippen LogP contribution in [0.5, 0.6) is 0 Å². The molecule has 0 bridgehead atoms. The van der Waals surface area contributed by atoms with E-state index in [9.17, 15) is 4.79 Å². The van der Waals surface area contributed by atoms with Crippen molar-refractivity contribution in [2.75, 3.05) is 13.2 Å². The minimum atomic E-state index is -0.446. The molecule has 0 saturated heterocycles. The van der Waals surface area contributed by atoms with Gasteiger partial charge in [0.05, 0.1) is 12.1 Å². The molecule has 0 aliphatic rings. The second-order valence-electron chi connectivity index (χ2n) is 2.80. The maximum absolute atomic E-state index is 11.0. The van der Waals surface area contributed by atoms with E-state index in [4.69, 9.17) is 10.5 Å². The summed E-state index contributed by atoms with van der Waals surface area (Å²) in [6.45, 7) is 6.67. The second-order valence-corrected chi connectivity index (χ2v) is 2.80. The van der Waals surface area contributed by atoms with E-state index < -0.39 is 6.04 Å². The Morgan fingerprint density at radius 3 is 2.58 bits per heavy atom. The summed E-state index contributed by atoms with van der Waals surface area (Å²) in [5.74, 6) is -0.137. The summed E-state index contributed by atoms with van der Waals surface area (Å²) in [6.07, 6.45) is 0.0534. The third-order valence-electron chi connectivity index (χ3n) is 1.43. The van der Waals surface area contributed by atoms with Gasteiger partial charge in [-0.2, -0.15) is 0 Å². The van der Waals surface area contributed by atoms with E-state index in [1.807, 2.05) is 13.8 Å². The van der Waals surface area contributed by atoms with Crippen LogP contribution in [0.1, 0.15) is 20.8 Å². The summed E-state index contributed by atoms with van der Waals surface area (Å²) >= 11 is 0. The van der Waals surface area contributed by atoms with Crippen molar-refractivity contribution in [1.29, 1.82) is 0 Å². The van der Waals surface area contributed by atoms with Crippen LogP contribution in [0, 0.1) is 0 Å². The topological polar surface area (TPSA) is 64.3 Å². The predicted molar refractivity (Wildman–Crippen MR) is 47.7 cm³/mol. The number of ether oxygens (including phenoxy) is 1. The van der Waals surface area contributed by atoms with Crippen LogP contribution in [0.3, 0.4) is 0 Å². The molecule has 0 aromatic carbocycles. The van der Waals surface area contributed by atoms with E-state index in [0.717, 1.165) is 0 Å². The van der Waals surface area contributed by atoms with Crippen molar-refractivity contribution < 1.29 is 9.53 Å². The van der Waals surface area contributed by atoms with Gasteiger partial charge in [0.15, 0.2) is 0 Å². The number of amides is 1. The van der Waals surface area contributed by atoms with Crippen molar-refractivity contribution in [3.05, 3.63) is 0 Å². The van der Waals surface area contributed by atoms with E-state index in [-0.39, 0.29) is 12.0 Å². The monoisotopic (exact) mass is 174 g/mol. The van der Waals surface area contributed by atoms with Gasteiger partial charge in [-0.05, 0) is 20.8 Å². The fourth-order valence-corrected chi connectivity index (χ4v) is 0.749. The highest BCUT2D eigenvalue weighted by Crippen LogP contribution is 1.87. The third-order valence-corrected chi connectivity index (χ3v) is 1.43. The van der Waals surface area contributed by atoms with E-state index in [2.05, 4.69) is 5.32 Å². The zero-order chi connectivity index (χ0) is 9.56. The van der Waals surface area contributed by atoms with Crippen LogP contribution in [0.25, 0.3) is 0 Å². The Labute approximate surface area is 73.5 Å². The molecule has 1 amide bonds. The van der Waals surface area contributed by atoms with Crippen LogP contribution in [0.15, 0.2) is 0 Å². The first-order valence-electron chi connectivity index (χ1n) is 4.22. The van der Waals surface area contributed by atoms with Gasteiger partial charge in [-0.15, -0.1) is 0 Å². The third kappa shape index (κ3) is 5.09. The van der Waals surface area contributed by atoms with Crippen LogP contribution >= 0.6 is 0 Å². The molecule has 0 saturated carbocycles. The van der Waals surface area contributed by atoms with E-state index in [1.54, 1.807) is 6.92 Å². The fraction of sp³-hybridized carbons (Fsp3) is 0.875. The Bertz CT molecular complexity index is 137. The first-order chi connectivity index (χ1) is 5.57. The van der Waals surface area contributed by atoms with Crippen LogP contribution < -0.4 is 11.1 Å². The number of rotatable bonds is 5. The maximum atomic E-state index is 11.0. The number of nitrogens with one attached hydrogen (secondary N) is 1. The summed E-state index contributed by atoms with van der Waals surface area (Å²) in [5, 5.41) is 2.68. The fourth-order valence-electron chi connectivity index (χ4n) is 0.749. The Balaban J connectivity index is 3.47. The predicted octanol–water partition coefficient (Wildman–Crippen LogP) is -0.125. The zero-order valence-corrected chi connectivity index (χ0v) is 7.96. The molecule has 4 nitrogen and oxygen atoms in total. The first-order valence-corrected chi connectivity index (χ1v) is 4.22. The average Bonchev–Trinajstić information content (AvgIpc) is 2.00. The number of carbonyl (C=O) groups excluding carboxylic acids is 1. The lowest BCUT2D eigenvalue weighted by molar-refractivity contribution is -0.122. The summed E-state index contributed by atoms with van der Waals surface area (Å²) in [7, 11) is 0. The van der Waals surface area contributed by atoms with Gasteiger partial charge in [0, 0.05) is 13.2 Å². The highest BCUT2D eigenvalue weighted by atomic mass is 16.5. The van der Waals surface area contributed by atoms with Crippen molar-refractivity contribution in [2.24, 2.45) is 5.73 Å². The molecule has 2 atom stereocenters. The summed E-state index contributed by atoms with van der Waals surface area (Å²) in [6, 6.07) is -0.446. The van der Waals surface area contributed by atoms with Gasteiger partial charge in [-0.3, -0.25) is 4.79 Å². The van der Waals surface area contributed by atoms with Gasteiger partial charge in [-0.25, -0.2) is 0 Å². The first kappa shape index (κ1) is 11.4. The molecule has 0 heterocycles. The molecule has 0 aromatic heterocycles. The quantitative estimate of drug-likeness (QED) is 0.610. The molecule has 0 radical (unpaired) electrons. The Morgan fingerprint density at radius 1 is 1.58 bits per heavy atom. The lowest BCUT2D eigenvalue weighted by Crippen LogP contribution is -2.41. The standard InChI is InChI=1S/C8H18N2O2/c1-4-12-6(2)5-10-8(11)7(3)9/h6-7H,4-5,9H2,1-3H3,(H,10,11). The Hall–Kier alpha value is -0.610. The molecule has 0 fully saturated rings. The average molecular weight is 174 g/mol. The van der Waals surface area contributed by atoms with Gasteiger partial charge < -0.3 is 15.8 Å². The van der Waals surface area contributed by atoms with E-state index in [1.165, 1.54) is 0 Å². The number of nitrogens with two attached hydrogens (primary N) is 1. The molecular formula is C8H18N2O2. The largest absolute Gasteiger partial charge is 0.377 e. The van der Waals surface area contributed by atoms with Crippen LogP contribution in [0.2, 0.25) is 0 Å². The maximum Gasteiger partial charge on any atom is 0.236 e. The molecule has 0 aromatic rings. The van der Waals surface area contributed by atoms with Crippen molar-refractivity contribution >= 4 is 5.91 Å². The van der Waals surface area contributed by atoms with E-state index >= 15 is 0 Å². The van der Waals surface area contributed by atoms with Crippen LogP contribution in [0.4, 0.5) is 0 Å². The molecule has 3 N–H and O–H groups in total. The summed E-state index contributed by atoms with van der Waals surface area (Å²) in [5.41, 5.74) is 5.34. The van der Waals surface area contributed by atoms with E-state index in [0.29, 0.717) is 13.2 Å². The Kier molecular flexibility index (Phi) is 5.66. The number of carbonyl (C=O) groups is 1. The number of hydrogen-bond donors (Lipinski definition) is 2. The minimum Gasteiger partial charge on any atom is -0.377 e. The molecule has 2 unspecified atom stereocenters. The summed E-state index contributed by atoms with van der Waals surface area (Å²) in [4.78, 5) is 11.0. The van der Waals surface area contributed by atoms with Gasteiger partial charge in [0.25, 0.3) is 0 Å². The van der Waals surface area contributed by atoms with Crippen LogP contribution in [-0.2, 0) is 9.53 Å². The Morgan fingerprint density at radius 2 is 2.17 bits per heavy atom. The van der Waals surface area contributed by atoms with Crippen molar-refractivity contribution in [3.63, 3.8) is 0 Å². The normalized spacial score (nSPS) is 15.3. The van der Waals surface area contributed by atoms with Gasteiger partial charge in [-0.1, -0.05) is 0 Å². The SMILES string of the molecule is CCOC(C)CNC(=O)C(C)N. The molecule has 0 aliphatic heterocycles. The molecule has 72 valence electrons. The molecule has 0 rings (SSSR count). The molecule has 0 aliphatic carbocycles. The number of hydrogen-bond acceptors (Lipinski definition) is 3. The highest BCUT2D eigenvalue weighted by molar-refractivity contribution is 5.80. The lowest BCUT2D eigenvalue weighted by atomic mass is 10.3. The van der Waals surface area contributed by atoms with Crippen molar-refractivity contribution in [3.8, 4) is 0 Å². The molecule has 12 heavy (non-hydrogen) atoms. The van der Waals surface area contributed by atoms with Crippen molar-refractivity contribution in [2.45, 2.75) is 32.9 Å². The summed E-state index contributed by atoms with van der Waals surface area (Å²) < 4.78 is 5.22. The molecular weight excluding hydrogens is 156 g/mol. The van der Waals surface area contributed by atoms with Gasteiger partial charge >= 0.3 is 0 Å². The minimum absolute atomic E-state index is 0.0534.